The Labute approximate surface area is 128 Å². The van der Waals surface area contributed by atoms with Gasteiger partial charge in [-0.2, -0.15) is 0 Å². The van der Waals surface area contributed by atoms with E-state index in [4.69, 9.17) is 30.6 Å². The highest BCUT2D eigenvalue weighted by Gasteiger charge is 2.13. The van der Waals surface area contributed by atoms with Crippen molar-refractivity contribution in [2.75, 3.05) is 25.5 Å². The Hall–Kier alpha value is -1.32. The number of hydrogen-bond acceptors (Lipinski definition) is 7. The third-order valence-corrected chi connectivity index (χ3v) is 4.83. The van der Waals surface area contributed by atoms with Gasteiger partial charge in [-0.25, -0.2) is 5.32 Å². The first-order valence-electron chi connectivity index (χ1n) is 6.21. The average molecular weight is 343 g/mol. The summed E-state index contributed by atoms with van der Waals surface area (Å²) in [6, 6.07) is 0. The number of nitrogens with one attached hydrogen (secondary N) is 1. The number of rotatable bonds is 10. The van der Waals surface area contributed by atoms with Gasteiger partial charge in [0.1, 0.15) is 0 Å². The molecule has 0 aliphatic rings. The second-order valence-electron chi connectivity index (χ2n) is 4.16. The van der Waals surface area contributed by atoms with Gasteiger partial charge in [0.25, 0.3) is 0 Å². The summed E-state index contributed by atoms with van der Waals surface area (Å²) in [5, 5.41) is 50.7. The van der Waals surface area contributed by atoms with Crippen molar-refractivity contribution in [2.45, 2.75) is 25.4 Å². The Morgan fingerprint density at radius 1 is 0.818 bits per heavy atom. The molecule has 7 N–H and O–H groups in total. The summed E-state index contributed by atoms with van der Waals surface area (Å²) < 4.78 is 0. The molecule has 10 nitrogen and oxygen atoms in total. The van der Waals surface area contributed by atoms with Crippen LogP contribution in [0.2, 0.25) is 0 Å². The van der Waals surface area contributed by atoms with Crippen LogP contribution in [0, 0.1) is 0 Å². The number of carboxylic acids is 3. The Morgan fingerprint density at radius 2 is 1.05 bits per heavy atom. The van der Waals surface area contributed by atoms with E-state index in [-0.39, 0.29) is 19.3 Å². The summed E-state index contributed by atoms with van der Waals surface area (Å²) in [7, 11) is 0.408. The first kappa shape index (κ1) is 23.0. The molecule has 0 aromatic carbocycles. The lowest BCUT2D eigenvalue weighted by molar-refractivity contribution is -0.328. The van der Waals surface area contributed by atoms with Crippen molar-refractivity contribution in [2.24, 2.45) is 0 Å². The minimum absolute atomic E-state index is 0.0229. The van der Waals surface area contributed by atoms with Gasteiger partial charge in [-0.3, -0.25) is 14.4 Å². The quantitative estimate of drug-likeness (QED) is 0.185. The van der Waals surface area contributed by atoms with Crippen LogP contribution in [0.15, 0.2) is 0 Å². The van der Waals surface area contributed by atoms with Crippen molar-refractivity contribution in [3.8, 4) is 0 Å². The number of carbonyl (C=O) groups is 3. The maximum atomic E-state index is 10.4. The van der Waals surface area contributed by atoms with Gasteiger partial charge in [0.15, 0.2) is 0 Å². The van der Waals surface area contributed by atoms with E-state index in [0.717, 1.165) is 0 Å². The molecule has 0 bridgehead atoms. The summed E-state index contributed by atoms with van der Waals surface area (Å²) >= 11 is 0. The summed E-state index contributed by atoms with van der Waals surface area (Å²) in [6.07, 6.45) is -1.59. The molecule has 0 aromatic rings. The zero-order valence-corrected chi connectivity index (χ0v) is 13.0. The molecule has 0 aromatic heterocycles. The molecule has 0 unspecified atom stereocenters. The van der Waals surface area contributed by atoms with Crippen molar-refractivity contribution in [3.63, 3.8) is 0 Å². The van der Waals surface area contributed by atoms with E-state index in [1.807, 2.05) is 0 Å². The second-order valence-corrected chi connectivity index (χ2v) is 6.84. The van der Waals surface area contributed by atoms with E-state index in [1.54, 1.807) is 5.32 Å². The fourth-order valence-corrected chi connectivity index (χ4v) is 3.29. The van der Waals surface area contributed by atoms with Crippen molar-refractivity contribution in [3.05, 3.63) is 0 Å². The molecular weight excluding hydrogens is 321 g/mol. The van der Waals surface area contributed by atoms with E-state index in [9.17, 15) is 14.4 Å². The highest BCUT2D eigenvalue weighted by Crippen LogP contribution is 2.37. The van der Waals surface area contributed by atoms with Gasteiger partial charge in [-0.05, 0) is 25.5 Å². The van der Waals surface area contributed by atoms with Crippen LogP contribution in [-0.4, -0.2) is 80.2 Å². The Balaban J connectivity index is 0. The standard InChI is InChI=1S/C9H15O6P.C2H7NO3/c10-7(11)1-4-16(5-2-8(12)13)6-3-9(14)15;1-3-2(4,5)6/h1-6H2,(H,10,11)(H,12,13)(H,14,15);3-6H,1H3. The second kappa shape index (κ2) is 12.2. The Bertz CT molecular complexity index is 313. The largest absolute Gasteiger partial charge is 0.481 e. The van der Waals surface area contributed by atoms with Gasteiger partial charge in [0.2, 0.25) is 0 Å². The number of carboxylic acid groups (broad SMARTS) is 3. The number of aliphatic carboxylic acids is 3. The molecule has 0 heterocycles. The maximum absolute atomic E-state index is 10.4. The van der Waals surface area contributed by atoms with Crippen LogP contribution in [0.4, 0.5) is 0 Å². The lowest BCUT2D eigenvalue weighted by atomic mass is 10.5. The minimum atomic E-state index is -2.71. The zero-order chi connectivity index (χ0) is 17.8. The van der Waals surface area contributed by atoms with Crippen LogP contribution in [0.1, 0.15) is 19.3 Å². The monoisotopic (exact) mass is 343 g/mol. The predicted molar refractivity (Wildman–Crippen MR) is 76.7 cm³/mol. The minimum Gasteiger partial charge on any atom is -0.481 e. The molecule has 130 valence electrons. The number of aliphatic hydroxyl groups is 3. The van der Waals surface area contributed by atoms with Gasteiger partial charge in [-0.15, -0.1) is 7.92 Å². The molecule has 0 rings (SSSR count). The molecule has 0 fully saturated rings. The van der Waals surface area contributed by atoms with Crippen molar-refractivity contribution in [1.82, 2.24) is 5.32 Å². The topological polar surface area (TPSA) is 185 Å². The summed E-state index contributed by atoms with van der Waals surface area (Å²) in [5.74, 6) is -2.80. The van der Waals surface area contributed by atoms with Gasteiger partial charge < -0.3 is 30.6 Å². The first-order chi connectivity index (χ1) is 9.97. The van der Waals surface area contributed by atoms with Gasteiger partial charge in [0, 0.05) is 19.3 Å². The molecule has 0 radical (unpaired) electrons. The summed E-state index contributed by atoms with van der Waals surface area (Å²) in [4.78, 5) is 31.1. The van der Waals surface area contributed by atoms with Crippen molar-refractivity contribution in [1.29, 1.82) is 0 Å². The van der Waals surface area contributed by atoms with Crippen LogP contribution in [0.5, 0.6) is 0 Å². The third kappa shape index (κ3) is 21.0. The number of hydrogen-bond donors (Lipinski definition) is 7. The molecule has 0 amide bonds. The normalized spacial score (nSPS) is 10.8. The zero-order valence-electron chi connectivity index (χ0n) is 12.1. The summed E-state index contributed by atoms with van der Waals surface area (Å²) in [6.45, 7) is 0. The molecule has 0 atom stereocenters. The van der Waals surface area contributed by atoms with Gasteiger partial charge in [-0.1, -0.05) is 0 Å². The Morgan fingerprint density at radius 3 is 1.18 bits per heavy atom. The van der Waals surface area contributed by atoms with Crippen LogP contribution in [0.25, 0.3) is 0 Å². The van der Waals surface area contributed by atoms with Crippen molar-refractivity contribution >= 4 is 25.8 Å². The fourth-order valence-electron chi connectivity index (χ4n) is 1.10. The van der Waals surface area contributed by atoms with Crippen LogP contribution in [-0.2, 0) is 14.4 Å². The van der Waals surface area contributed by atoms with Crippen LogP contribution < -0.4 is 5.32 Å². The van der Waals surface area contributed by atoms with E-state index in [2.05, 4.69) is 0 Å². The highest BCUT2D eigenvalue weighted by molar-refractivity contribution is 7.57. The lowest BCUT2D eigenvalue weighted by Gasteiger charge is -2.14. The van der Waals surface area contributed by atoms with Crippen molar-refractivity contribution < 1.29 is 45.0 Å². The SMILES string of the molecule is CNC(O)(O)O.O=C(O)CCP(CCC(=O)O)CCC(=O)O. The maximum Gasteiger partial charge on any atom is 0.342 e. The fraction of sp³-hybridized carbons (Fsp3) is 0.727. The Kier molecular flexibility index (Phi) is 12.8. The molecule has 0 aliphatic carbocycles. The van der Waals surface area contributed by atoms with E-state index < -0.39 is 31.9 Å². The van der Waals surface area contributed by atoms with Gasteiger partial charge in [0.05, 0.1) is 0 Å². The molecular formula is C11H22NO9P. The third-order valence-electron chi connectivity index (χ3n) is 2.26. The molecule has 0 saturated carbocycles. The predicted octanol–water partition coefficient (Wildman–Crippen LogP) is -1.31. The highest BCUT2D eigenvalue weighted by atomic mass is 31.1. The lowest BCUT2D eigenvalue weighted by Crippen LogP contribution is -2.41. The molecule has 0 saturated heterocycles. The first-order valence-corrected chi connectivity index (χ1v) is 8.11. The summed E-state index contributed by atoms with van der Waals surface area (Å²) in [5.41, 5.74) is 0. The smallest absolute Gasteiger partial charge is 0.342 e. The molecule has 11 heteroatoms. The molecule has 0 spiro atoms. The van der Waals surface area contributed by atoms with Gasteiger partial charge >= 0.3 is 24.0 Å². The van der Waals surface area contributed by atoms with Crippen LogP contribution >= 0.6 is 7.92 Å². The van der Waals surface area contributed by atoms with Crippen LogP contribution in [0.3, 0.4) is 0 Å². The molecule has 22 heavy (non-hydrogen) atoms. The van der Waals surface area contributed by atoms with E-state index in [0.29, 0.717) is 18.5 Å². The van der Waals surface area contributed by atoms with E-state index >= 15 is 0 Å². The van der Waals surface area contributed by atoms with E-state index in [1.165, 1.54) is 7.05 Å². The molecule has 0 aliphatic heterocycles. The average Bonchev–Trinajstić information content (AvgIpc) is 2.37.